The number of aryl methyl sites for hydroxylation is 1. The van der Waals surface area contributed by atoms with Crippen molar-refractivity contribution in [2.45, 2.75) is 57.3 Å². The van der Waals surface area contributed by atoms with Gasteiger partial charge in [-0.25, -0.2) is 4.79 Å². The summed E-state index contributed by atoms with van der Waals surface area (Å²) in [5, 5.41) is 45.4. The number of nitrogens with zero attached hydrogens (tertiary/aromatic N) is 2. The molecule has 0 bridgehead atoms. The van der Waals surface area contributed by atoms with Gasteiger partial charge in [-0.15, -0.1) is 0 Å². The van der Waals surface area contributed by atoms with E-state index in [0.717, 1.165) is 55.2 Å². The van der Waals surface area contributed by atoms with Crippen LogP contribution in [-0.4, -0.2) is 85.7 Å². The lowest BCUT2D eigenvalue weighted by molar-refractivity contribution is -0.170. The lowest BCUT2D eigenvalue weighted by Crippen LogP contribution is -2.42. The minimum Gasteiger partial charge on any atom is -0.493 e. The number of rotatable bonds is 11. The van der Waals surface area contributed by atoms with E-state index in [2.05, 4.69) is 22.0 Å². The number of ether oxygens (including phenoxy) is 2. The number of hydrogen-bond donors (Lipinski definition) is 5. The number of carboxylic acid groups (broad SMARTS) is 3. The van der Waals surface area contributed by atoms with Gasteiger partial charge in [-0.2, -0.15) is 0 Å². The minimum absolute atomic E-state index is 0.241. The van der Waals surface area contributed by atoms with E-state index in [1.165, 1.54) is 5.56 Å². The molecule has 2 heterocycles. The van der Waals surface area contributed by atoms with Crippen LogP contribution in [0.3, 0.4) is 0 Å². The van der Waals surface area contributed by atoms with Crippen molar-refractivity contribution in [1.82, 2.24) is 9.88 Å². The molecule has 1 aliphatic heterocycles. The number of pyridine rings is 1. The van der Waals surface area contributed by atoms with E-state index >= 15 is 0 Å². The Morgan fingerprint density at radius 3 is 2.34 bits per heavy atom. The zero-order chi connectivity index (χ0) is 30.4. The number of aromatic nitrogens is 1. The Morgan fingerprint density at radius 1 is 1.10 bits per heavy atom. The van der Waals surface area contributed by atoms with Crippen molar-refractivity contribution >= 4 is 17.9 Å². The molecule has 2 fully saturated rings. The van der Waals surface area contributed by atoms with Gasteiger partial charge in [0.05, 0.1) is 32.3 Å². The van der Waals surface area contributed by atoms with E-state index in [9.17, 15) is 19.5 Å². The summed E-state index contributed by atoms with van der Waals surface area (Å²) in [6.45, 7) is 7.41. The third kappa shape index (κ3) is 7.51. The van der Waals surface area contributed by atoms with Crippen LogP contribution < -0.4 is 9.47 Å². The molecule has 224 valence electrons. The molecular formula is C29H38N2O10. The maximum absolute atomic E-state index is 11.5. The molecule has 1 aliphatic carbocycles. The summed E-state index contributed by atoms with van der Waals surface area (Å²) in [4.78, 5) is 37.5. The number of hydrogen-bond acceptors (Lipinski definition) is 9. The number of fused-ring (bicyclic) bond motifs is 1. The van der Waals surface area contributed by atoms with Crippen molar-refractivity contribution in [3.05, 3.63) is 53.3 Å². The summed E-state index contributed by atoms with van der Waals surface area (Å²) in [5.74, 6) is -2.69. The molecule has 0 amide bonds. The van der Waals surface area contributed by atoms with Gasteiger partial charge < -0.3 is 35.0 Å². The molecule has 12 nitrogen and oxygen atoms in total. The molecule has 4 rings (SSSR count). The fourth-order valence-corrected chi connectivity index (χ4v) is 5.80. The predicted octanol–water partition coefficient (Wildman–Crippen LogP) is 2.28. The van der Waals surface area contributed by atoms with E-state index in [0.29, 0.717) is 12.5 Å². The quantitative estimate of drug-likeness (QED) is 0.264. The third-order valence-electron chi connectivity index (χ3n) is 7.67. The monoisotopic (exact) mass is 574 g/mol. The summed E-state index contributed by atoms with van der Waals surface area (Å²) in [6.07, 6.45) is 1.38. The van der Waals surface area contributed by atoms with Gasteiger partial charge in [-0.3, -0.25) is 19.5 Å². The molecule has 3 atom stereocenters. The van der Waals surface area contributed by atoms with Crippen LogP contribution in [0.25, 0.3) is 0 Å². The van der Waals surface area contributed by atoms with Crippen molar-refractivity contribution in [3.8, 4) is 11.5 Å². The van der Waals surface area contributed by atoms with Gasteiger partial charge >= 0.3 is 17.9 Å². The van der Waals surface area contributed by atoms with E-state index in [1.54, 1.807) is 13.3 Å². The molecule has 0 spiro atoms. The van der Waals surface area contributed by atoms with Gasteiger partial charge in [-0.1, -0.05) is 12.1 Å². The fourth-order valence-electron chi connectivity index (χ4n) is 5.80. The topological polar surface area (TPSA) is 187 Å². The molecule has 1 aromatic heterocycles. The van der Waals surface area contributed by atoms with Gasteiger partial charge in [0.1, 0.15) is 5.60 Å². The van der Waals surface area contributed by atoms with Crippen LogP contribution >= 0.6 is 0 Å². The van der Waals surface area contributed by atoms with Gasteiger partial charge in [0.15, 0.2) is 17.1 Å². The lowest BCUT2D eigenvalue weighted by Gasteiger charge is -2.31. The first kappa shape index (κ1) is 31.8. The first-order valence-corrected chi connectivity index (χ1v) is 13.4. The van der Waals surface area contributed by atoms with Crippen LogP contribution in [-0.2, 0) is 26.5 Å². The molecule has 41 heavy (non-hydrogen) atoms. The second-order valence-electron chi connectivity index (χ2n) is 10.6. The molecule has 12 heteroatoms. The molecule has 2 aliphatic rings. The summed E-state index contributed by atoms with van der Waals surface area (Å²) in [6, 6.07) is 10.1. The second-order valence-corrected chi connectivity index (χ2v) is 10.6. The Kier molecular flexibility index (Phi) is 10.3. The van der Waals surface area contributed by atoms with Crippen molar-refractivity contribution in [3.63, 3.8) is 0 Å². The van der Waals surface area contributed by atoms with Crippen molar-refractivity contribution in [2.24, 2.45) is 11.8 Å². The molecule has 1 aromatic carbocycles. The standard InChI is InChI=1S/C23H30N2O3.C6H8O7/c1-4-28-20-8-7-17(12-21(20)27-3)13-25-14-18-9-10-23(26,19(18)15-25)22-16(2)6-5-11-24-22;7-3(8)1-6(13,5(11)12)2-4(9)10/h5-8,11-12,18-19,26H,4,9-10,13-15H2,1-3H3;13H,1-2H2,(H,7,8)(H,9,10)(H,11,12)/t18-,19+,23-;/m0./s1. The molecule has 1 saturated heterocycles. The third-order valence-corrected chi connectivity index (χ3v) is 7.67. The van der Waals surface area contributed by atoms with Gasteiger partial charge in [0.2, 0.25) is 0 Å². The molecule has 0 unspecified atom stereocenters. The van der Waals surface area contributed by atoms with Crippen LogP contribution in [0.2, 0.25) is 0 Å². The van der Waals surface area contributed by atoms with E-state index in [1.807, 2.05) is 32.0 Å². The van der Waals surface area contributed by atoms with Crippen molar-refractivity contribution in [1.29, 1.82) is 0 Å². The van der Waals surface area contributed by atoms with Gasteiger partial charge in [0.25, 0.3) is 0 Å². The van der Waals surface area contributed by atoms with Crippen molar-refractivity contribution < 1.29 is 49.4 Å². The zero-order valence-electron chi connectivity index (χ0n) is 23.4. The molecular weight excluding hydrogens is 536 g/mol. The zero-order valence-corrected chi connectivity index (χ0v) is 23.4. The number of benzene rings is 1. The summed E-state index contributed by atoms with van der Waals surface area (Å²) in [5.41, 5.74) is -0.385. The number of carboxylic acids is 3. The summed E-state index contributed by atoms with van der Waals surface area (Å²) in [7, 11) is 1.68. The minimum atomic E-state index is -2.74. The normalized spacial score (nSPS) is 21.9. The number of carbonyl (C=O) groups is 3. The highest BCUT2D eigenvalue weighted by Gasteiger charge is 2.53. The Bertz CT molecular complexity index is 1240. The first-order valence-electron chi connectivity index (χ1n) is 13.4. The predicted molar refractivity (Wildman–Crippen MR) is 146 cm³/mol. The van der Waals surface area contributed by atoms with E-state index in [4.69, 9.17) is 29.9 Å². The first-order chi connectivity index (χ1) is 19.3. The average Bonchev–Trinajstić information content (AvgIpc) is 3.44. The van der Waals surface area contributed by atoms with Gasteiger partial charge in [0, 0.05) is 31.7 Å². The number of aliphatic hydroxyl groups is 2. The Labute approximate surface area is 238 Å². The Balaban J connectivity index is 0.000000302. The van der Waals surface area contributed by atoms with E-state index < -0.39 is 42.0 Å². The second kappa shape index (κ2) is 13.3. The molecule has 5 N–H and O–H groups in total. The Morgan fingerprint density at radius 2 is 1.78 bits per heavy atom. The van der Waals surface area contributed by atoms with Crippen molar-refractivity contribution in [2.75, 3.05) is 26.8 Å². The highest BCUT2D eigenvalue weighted by Crippen LogP contribution is 2.50. The largest absolute Gasteiger partial charge is 0.493 e. The molecule has 2 aromatic rings. The van der Waals surface area contributed by atoms with Gasteiger partial charge in [-0.05, 0) is 61.9 Å². The van der Waals surface area contributed by atoms with E-state index in [-0.39, 0.29) is 5.92 Å². The number of likely N-dealkylation sites (tertiary alicyclic amines) is 1. The molecule has 1 saturated carbocycles. The average molecular weight is 575 g/mol. The van der Waals surface area contributed by atoms with Crippen LogP contribution in [0.15, 0.2) is 36.5 Å². The highest BCUT2D eigenvalue weighted by atomic mass is 16.5. The van der Waals surface area contributed by atoms with Crippen LogP contribution in [0, 0.1) is 18.8 Å². The molecule has 0 radical (unpaired) electrons. The highest BCUT2D eigenvalue weighted by molar-refractivity contribution is 5.88. The van der Waals surface area contributed by atoms with Crippen LogP contribution in [0.5, 0.6) is 11.5 Å². The summed E-state index contributed by atoms with van der Waals surface area (Å²) >= 11 is 0. The SMILES string of the molecule is CCOc1ccc(CN2C[C@@H]3CC[C@@](O)(c4ncccc4C)[C@@H]3C2)cc1OC.O=C(O)CC(O)(CC(=O)O)C(=O)O. The lowest BCUT2D eigenvalue weighted by atomic mass is 9.83. The summed E-state index contributed by atoms with van der Waals surface area (Å²) < 4.78 is 11.1. The van der Waals surface area contributed by atoms with Crippen LogP contribution in [0.1, 0.15) is 49.4 Å². The maximum Gasteiger partial charge on any atom is 0.336 e. The van der Waals surface area contributed by atoms with Crippen LogP contribution in [0.4, 0.5) is 0 Å². The number of aliphatic carboxylic acids is 3. The smallest absolute Gasteiger partial charge is 0.336 e. The fraction of sp³-hybridized carbons (Fsp3) is 0.517. The number of methoxy groups -OCH3 is 1. The Hall–Kier alpha value is -3.74. The maximum atomic E-state index is 11.5.